The van der Waals surface area contributed by atoms with Crippen molar-refractivity contribution < 1.29 is 9.59 Å². The van der Waals surface area contributed by atoms with Crippen molar-refractivity contribution >= 4 is 17.9 Å². The van der Waals surface area contributed by atoms with Crippen LogP contribution in [0.5, 0.6) is 0 Å². The van der Waals surface area contributed by atoms with Crippen molar-refractivity contribution in [2.24, 2.45) is 5.92 Å². The number of hydrogen-bond acceptors (Lipinski definition) is 4. The average Bonchev–Trinajstić information content (AvgIpc) is 3.17. The van der Waals surface area contributed by atoms with Gasteiger partial charge in [-0.1, -0.05) is 57.5 Å². The monoisotopic (exact) mass is 505 g/mol. The van der Waals surface area contributed by atoms with Crippen molar-refractivity contribution in [3.05, 3.63) is 53.4 Å². The second kappa shape index (κ2) is 11.6. The second-order valence-corrected chi connectivity index (χ2v) is 11.1. The van der Waals surface area contributed by atoms with Crippen LogP contribution in [0.15, 0.2) is 36.4 Å². The summed E-state index contributed by atoms with van der Waals surface area (Å²) in [7, 11) is 0. The van der Waals surface area contributed by atoms with E-state index >= 15 is 0 Å². The summed E-state index contributed by atoms with van der Waals surface area (Å²) in [6.45, 7) is 13.6. The third kappa shape index (κ3) is 5.66. The Kier molecular flexibility index (Phi) is 8.53. The number of nitrogens with one attached hydrogen (secondary N) is 1. The summed E-state index contributed by atoms with van der Waals surface area (Å²) in [5.74, 6) is 0.511. The molecule has 2 aromatic rings. The number of aryl methyl sites for hydroxylation is 1. The number of piperazine rings is 1. The minimum Gasteiger partial charge on any atom is -0.342 e. The summed E-state index contributed by atoms with van der Waals surface area (Å²) >= 11 is 0. The van der Waals surface area contributed by atoms with E-state index in [9.17, 15) is 9.59 Å². The van der Waals surface area contributed by atoms with Gasteiger partial charge in [-0.2, -0.15) is 5.10 Å². The Balaban J connectivity index is 1.42. The molecule has 0 saturated carbocycles. The van der Waals surface area contributed by atoms with E-state index in [-0.39, 0.29) is 17.9 Å². The fourth-order valence-electron chi connectivity index (χ4n) is 5.79. The number of carbonyl (C=O) groups is 2. The molecule has 1 atom stereocenters. The molecule has 1 N–H and O–H groups in total. The predicted octanol–water partition coefficient (Wildman–Crippen LogP) is 4.51. The number of para-hydroxylation sites is 1. The first-order valence-electron chi connectivity index (χ1n) is 13.9. The summed E-state index contributed by atoms with van der Waals surface area (Å²) < 4.78 is 2.00. The molecule has 2 aliphatic heterocycles. The molecule has 1 spiro atoms. The molecule has 1 aromatic carbocycles. The fourth-order valence-corrected chi connectivity index (χ4v) is 5.79. The van der Waals surface area contributed by atoms with Gasteiger partial charge in [0.25, 0.3) is 0 Å². The highest BCUT2D eigenvalue weighted by molar-refractivity contribution is 6.00. The van der Waals surface area contributed by atoms with Crippen LogP contribution in [0, 0.1) is 19.8 Å². The Labute approximate surface area is 221 Å². The van der Waals surface area contributed by atoms with E-state index in [1.807, 2.05) is 34.7 Å². The van der Waals surface area contributed by atoms with Crippen LogP contribution in [0.2, 0.25) is 0 Å². The van der Waals surface area contributed by atoms with E-state index in [0.29, 0.717) is 31.7 Å². The highest BCUT2D eigenvalue weighted by Gasteiger charge is 2.53. The normalized spacial score (nSPS) is 20.4. The van der Waals surface area contributed by atoms with Crippen molar-refractivity contribution in [1.29, 1.82) is 0 Å². The fraction of sp³-hybridized carbons (Fsp3) is 0.567. The molecule has 0 unspecified atom stereocenters. The lowest BCUT2D eigenvalue weighted by atomic mass is 9.80. The van der Waals surface area contributed by atoms with Crippen molar-refractivity contribution in [3.63, 3.8) is 0 Å². The maximum atomic E-state index is 13.4. The summed E-state index contributed by atoms with van der Waals surface area (Å²) in [6.07, 6.45) is 8.36. The number of hydrogen-bond donors (Lipinski definition) is 1. The molecule has 2 aliphatic rings. The van der Waals surface area contributed by atoms with Crippen LogP contribution in [-0.4, -0.2) is 69.2 Å². The minimum atomic E-state index is -0.704. The van der Waals surface area contributed by atoms with Crippen molar-refractivity contribution in [1.82, 2.24) is 24.9 Å². The number of likely N-dealkylation sites (tertiary alicyclic amines) is 1. The van der Waals surface area contributed by atoms with Gasteiger partial charge in [0.2, 0.25) is 11.8 Å². The highest BCUT2D eigenvalue weighted by Crippen LogP contribution is 2.34. The van der Waals surface area contributed by atoms with Gasteiger partial charge in [0, 0.05) is 37.4 Å². The summed E-state index contributed by atoms with van der Waals surface area (Å²) in [4.78, 5) is 31.2. The van der Waals surface area contributed by atoms with Gasteiger partial charge in [-0.15, -0.1) is 0 Å². The first-order chi connectivity index (χ1) is 17.8. The maximum absolute atomic E-state index is 13.4. The van der Waals surface area contributed by atoms with Gasteiger partial charge >= 0.3 is 0 Å². The molecule has 4 rings (SSSR count). The average molecular weight is 506 g/mol. The number of carbonyl (C=O) groups excluding carboxylic acids is 2. The Morgan fingerprint density at radius 1 is 1.14 bits per heavy atom. The van der Waals surface area contributed by atoms with E-state index in [1.54, 1.807) is 0 Å². The van der Waals surface area contributed by atoms with E-state index in [2.05, 4.69) is 62.2 Å². The van der Waals surface area contributed by atoms with Crippen molar-refractivity contribution in [3.8, 4) is 5.69 Å². The number of nitrogens with zero attached hydrogens (tertiary/aromatic N) is 4. The first-order valence-corrected chi connectivity index (χ1v) is 13.9. The molecule has 200 valence electrons. The summed E-state index contributed by atoms with van der Waals surface area (Å²) in [5.41, 5.74) is 3.64. The van der Waals surface area contributed by atoms with Gasteiger partial charge in [-0.05, 0) is 57.6 Å². The molecule has 7 nitrogen and oxygen atoms in total. The Morgan fingerprint density at radius 3 is 2.49 bits per heavy atom. The van der Waals surface area contributed by atoms with Crippen LogP contribution in [0.25, 0.3) is 11.8 Å². The molecule has 3 heterocycles. The summed E-state index contributed by atoms with van der Waals surface area (Å²) in [5, 5.41) is 7.85. The molecule has 0 bridgehead atoms. The SMILES string of the molecule is CCCCN1C(=O)[C@H](CC(C)C)NC(=O)C12CCN(C/C=C/c1c(C)nn(-c3ccccc3)c1C)CC2. The topological polar surface area (TPSA) is 70.5 Å². The first kappa shape index (κ1) is 27.1. The molecular formula is C30H43N5O2. The lowest BCUT2D eigenvalue weighted by Gasteiger charge is -2.51. The Bertz CT molecular complexity index is 1110. The smallest absolute Gasteiger partial charge is 0.246 e. The molecule has 2 saturated heterocycles. The predicted molar refractivity (Wildman–Crippen MR) is 148 cm³/mol. The zero-order chi connectivity index (χ0) is 26.6. The second-order valence-electron chi connectivity index (χ2n) is 11.1. The highest BCUT2D eigenvalue weighted by atomic mass is 16.2. The van der Waals surface area contributed by atoms with Crippen LogP contribution < -0.4 is 5.32 Å². The Morgan fingerprint density at radius 2 is 1.84 bits per heavy atom. The number of benzene rings is 1. The van der Waals surface area contributed by atoms with Gasteiger partial charge in [0.1, 0.15) is 11.6 Å². The van der Waals surface area contributed by atoms with Crippen molar-refractivity contribution in [2.45, 2.75) is 78.3 Å². The lowest BCUT2D eigenvalue weighted by Crippen LogP contribution is -2.73. The van der Waals surface area contributed by atoms with E-state index in [0.717, 1.165) is 55.1 Å². The number of aromatic nitrogens is 2. The van der Waals surface area contributed by atoms with Gasteiger partial charge in [0.15, 0.2) is 0 Å². The van der Waals surface area contributed by atoms with Crippen LogP contribution in [-0.2, 0) is 9.59 Å². The number of unbranched alkanes of at least 4 members (excludes halogenated alkanes) is 1. The number of rotatable bonds is 9. The van der Waals surface area contributed by atoms with Crippen molar-refractivity contribution in [2.75, 3.05) is 26.2 Å². The van der Waals surface area contributed by atoms with E-state index < -0.39 is 5.54 Å². The summed E-state index contributed by atoms with van der Waals surface area (Å²) in [6, 6.07) is 9.81. The van der Waals surface area contributed by atoms with Gasteiger partial charge < -0.3 is 10.2 Å². The molecule has 37 heavy (non-hydrogen) atoms. The molecular weight excluding hydrogens is 462 g/mol. The molecule has 0 aliphatic carbocycles. The van der Waals surface area contributed by atoms with Crippen LogP contribution in [0.4, 0.5) is 0 Å². The largest absolute Gasteiger partial charge is 0.342 e. The number of amides is 2. The minimum absolute atomic E-state index is 0.0450. The maximum Gasteiger partial charge on any atom is 0.246 e. The lowest BCUT2D eigenvalue weighted by molar-refractivity contribution is -0.161. The third-order valence-electron chi connectivity index (χ3n) is 7.93. The zero-order valence-corrected chi connectivity index (χ0v) is 23.2. The molecule has 1 aromatic heterocycles. The van der Waals surface area contributed by atoms with Crippen LogP contribution >= 0.6 is 0 Å². The Hall–Kier alpha value is -2.93. The number of piperidine rings is 1. The molecule has 2 amide bonds. The van der Waals surface area contributed by atoms with Crippen LogP contribution in [0.3, 0.4) is 0 Å². The van der Waals surface area contributed by atoms with Gasteiger partial charge in [-0.25, -0.2) is 4.68 Å². The van der Waals surface area contributed by atoms with Gasteiger partial charge in [0.05, 0.1) is 11.4 Å². The quantitative estimate of drug-likeness (QED) is 0.544. The van der Waals surface area contributed by atoms with Crippen LogP contribution in [0.1, 0.15) is 69.8 Å². The molecule has 7 heteroatoms. The van der Waals surface area contributed by atoms with Gasteiger partial charge in [-0.3, -0.25) is 14.5 Å². The zero-order valence-electron chi connectivity index (χ0n) is 23.2. The molecule has 2 fully saturated rings. The van der Waals surface area contributed by atoms with E-state index in [4.69, 9.17) is 5.10 Å². The molecule has 0 radical (unpaired) electrons. The van der Waals surface area contributed by atoms with E-state index in [1.165, 1.54) is 0 Å². The third-order valence-corrected chi connectivity index (χ3v) is 7.93. The standard InChI is InChI=1S/C30H43N5O2/c1-6-7-18-34-28(36)27(21-22(2)3)31-29(37)30(34)15-19-33(20-16-30)17-11-14-26-23(4)32-35(24(26)5)25-12-9-8-10-13-25/h8-14,22,27H,6-7,15-21H2,1-5H3,(H,31,37)/b14-11+/t27-/m0/s1.